The molecule has 0 bridgehead atoms. The molecule has 1 N–H and O–H groups in total. The molecule has 94 valence electrons. The zero-order valence-electron chi connectivity index (χ0n) is 10.1. The monoisotopic (exact) mass is 241 g/mol. The third-order valence-electron chi connectivity index (χ3n) is 2.12. The molecule has 1 rings (SSSR count). The topological polar surface area (TPSA) is 21.3 Å². The van der Waals surface area contributed by atoms with Crippen molar-refractivity contribution in [1.82, 2.24) is 5.32 Å². The third kappa shape index (κ3) is 4.15. The summed E-state index contributed by atoms with van der Waals surface area (Å²) in [5.74, 6) is -1.72. The van der Waals surface area contributed by atoms with Crippen molar-refractivity contribution in [2.24, 2.45) is 0 Å². The molecule has 1 aromatic rings. The van der Waals surface area contributed by atoms with Crippen molar-refractivity contribution in [3.63, 3.8) is 0 Å². The van der Waals surface area contributed by atoms with Crippen molar-refractivity contribution in [3.8, 4) is 5.75 Å². The summed E-state index contributed by atoms with van der Waals surface area (Å²) in [4.78, 5) is 0. The van der Waals surface area contributed by atoms with Gasteiger partial charge in [0.1, 0.15) is 6.61 Å². The lowest BCUT2D eigenvalue weighted by atomic mass is 10.2. The average Bonchev–Trinajstić information content (AvgIpc) is 2.25. The minimum Gasteiger partial charge on any atom is -0.483 e. The number of hydrogen-bond acceptors (Lipinski definition) is 2. The van der Waals surface area contributed by atoms with Crippen LogP contribution in [0.2, 0.25) is 0 Å². The van der Waals surface area contributed by atoms with Crippen LogP contribution in [-0.2, 0) is 6.54 Å². The first kappa shape index (κ1) is 13.6. The van der Waals surface area contributed by atoms with Crippen molar-refractivity contribution in [2.75, 3.05) is 6.61 Å². The van der Waals surface area contributed by atoms with Gasteiger partial charge in [-0.05, 0) is 17.7 Å². The highest BCUT2D eigenvalue weighted by Crippen LogP contribution is 2.23. The van der Waals surface area contributed by atoms with Crippen LogP contribution in [0.15, 0.2) is 24.8 Å². The summed E-state index contributed by atoms with van der Waals surface area (Å²) in [5.41, 5.74) is 0.555. The molecule has 0 aliphatic heterocycles. The molecular formula is C13H17F2NO. The first-order valence-electron chi connectivity index (χ1n) is 5.49. The number of ether oxygens (including phenoxy) is 1. The number of benzene rings is 1. The standard InChI is InChI=1S/C13H17F2NO/c1-4-5-17-13-11(14)6-10(7-12(13)15)8-16-9(2)3/h4,6-7,9,16H,1,5,8H2,2-3H3. The highest BCUT2D eigenvalue weighted by Gasteiger charge is 2.12. The molecule has 2 nitrogen and oxygen atoms in total. The molecule has 0 unspecified atom stereocenters. The summed E-state index contributed by atoms with van der Waals surface area (Å²) in [6.45, 7) is 7.86. The van der Waals surface area contributed by atoms with Crippen molar-refractivity contribution in [3.05, 3.63) is 42.0 Å². The lowest BCUT2D eigenvalue weighted by Crippen LogP contribution is -2.22. The Balaban J connectivity index is 2.81. The Bertz CT molecular complexity index is 368. The SMILES string of the molecule is C=CCOc1c(F)cc(CNC(C)C)cc1F. The Morgan fingerprint density at radius 2 is 1.94 bits per heavy atom. The number of rotatable bonds is 6. The van der Waals surface area contributed by atoms with Gasteiger partial charge in [-0.25, -0.2) is 8.78 Å². The zero-order valence-corrected chi connectivity index (χ0v) is 10.1. The zero-order chi connectivity index (χ0) is 12.8. The smallest absolute Gasteiger partial charge is 0.191 e. The second-order valence-corrected chi connectivity index (χ2v) is 4.02. The van der Waals surface area contributed by atoms with Crippen molar-refractivity contribution >= 4 is 0 Å². The van der Waals surface area contributed by atoms with Crippen LogP contribution in [0.25, 0.3) is 0 Å². The van der Waals surface area contributed by atoms with Crippen molar-refractivity contribution in [1.29, 1.82) is 0 Å². The van der Waals surface area contributed by atoms with E-state index in [2.05, 4.69) is 11.9 Å². The molecule has 0 aliphatic carbocycles. The van der Waals surface area contributed by atoms with Crippen LogP contribution in [-0.4, -0.2) is 12.6 Å². The lowest BCUT2D eigenvalue weighted by molar-refractivity contribution is 0.320. The van der Waals surface area contributed by atoms with Crippen molar-refractivity contribution in [2.45, 2.75) is 26.4 Å². The van der Waals surface area contributed by atoms with E-state index in [0.717, 1.165) is 0 Å². The minimum atomic E-state index is -0.688. The van der Waals surface area contributed by atoms with Crippen LogP contribution in [0.5, 0.6) is 5.75 Å². The normalized spacial score (nSPS) is 10.6. The molecule has 0 saturated heterocycles. The maximum absolute atomic E-state index is 13.5. The number of halogens is 2. The van der Waals surface area contributed by atoms with Crippen LogP contribution in [0.1, 0.15) is 19.4 Å². The van der Waals surface area contributed by atoms with E-state index in [1.165, 1.54) is 18.2 Å². The quantitative estimate of drug-likeness (QED) is 0.773. The lowest BCUT2D eigenvalue weighted by Gasteiger charge is -2.11. The average molecular weight is 241 g/mol. The Morgan fingerprint density at radius 3 is 2.41 bits per heavy atom. The largest absolute Gasteiger partial charge is 0.483 e. The van der Waals surface area contributed by atoms with E-state index < -0.39 is 11.6 Å². The molecule has 0 amide bonds. The number of hydrogen-bond donors (Lipinski definition) is 1. The Kier molecular flexibility index (Phi) is 5.10. The van der Waals surface area contributed by atoms with Gasteiger partial charge in [0, 0.05) is 12.6 Å². The fraction of sp³-hybridized carbons (Fsp3) is 0.385. The van der Waals surface area contributed by atoms with E-state index in [1.54, 1.807) is 0 Å². The van der Waals surface area contributed by atoms with Gasteiger partial charge in [-0.15, -0.1) is 0 Å². The minimum absolute atomic E-state index is 0.0808. The predicted octanol–water partition coefficient (Wildman–Crippen LogP) is 3.03. The third-order valence-corrected chi connectivity index (χ3v) is 2.12. The van der Waals surface area contributed by atoms with Gasteiger partial charge in [-0.1, -0.05) is 26.5 Å². The van der Waals surface area contributed by atoms with Gasteiger partial charge in [-0.2, -0.15) is 0 Å². The Morgan fingerprint density at radius 1 is 1.35 bits per heavy atom. The molecule has 0 aliphatic rings. The van der Waals surface area contributed by atoms with Crippen LogP contribution in [0.4, 0.5) is 8.78 Å². The highest BCUT2D eigenvalue weighted by molar-refractivity contribution is 5.31. The van der Waals surface area contributed by atoms with E-state index in [0.29, 0.717) is 12.1 Å². The Labute approximate surface area is 100 Å². The maximum atomic E-state index is 13.5. The maximum Gasteiger partial charge on any atom is 0.191 e. The molecular weight excluding hydrogens is 224 g/mol. The van der Waals surface area contributed by atoms with Gasteiger partial charge >= 0.3 is 0 Å². The molecule has 0 atom stereocenters. The van der Waals surface area contributed by atoms with Crippen LogP contribution < -0.4 is 10.1 Å². The Hall–Kier alpha value is -1.42. The van der Waals surface area contributed by atoms with Gasteiger partial charge < -0.3 is 10.1 Å². The van der Waals surface area contributed by atoms with Crippen LogP contribution in [0.3, 0.4) is 0 Å². The van der Waals surface area contributed by atoms with Gasteiger partial charge in [0.25, 0.3) is 0 Å². The molecule has 0 radical (unpaired) electrons. The molecule has 4 heteroatoms. The summed E-state index contributed by atoms with van der Waals surface area (Å²) >= 11 is 0. The predicted molar refractivity (Wildman–Crippen MR) is 64.0 cm³/mol. The van der Waals surface area contributed by atoms with E-state index in [4.69, 9.17) is 4.74 Å². The summed E-state index contributed by atoms with van der Waals surface area (Å²) in [6, 6.07) is 2.81. The molecule has 1 aromatic carbocycles. The molecule has 0 aromatic heterocycles. The van der Waals surface area contributed by atoms with Gasteiger partial charge in [0.05, 0.1) is 0 Å². The van der Waals surface area contributed by atoms with Gasteiger partial charge in [0.15, 0.2) is 17.4 Å². The summed E-state index contributed by atoms with van der Waals surface area (Å²) in [6.07, 6.45) is 1.44. The van der Waals surface area contributed by atoms with Crippen LogP contribution >= 0.6 is 0 Å². The molecule has 0 spiro atoms. The number of nitrogens with one attached hydrogen (secondary N) is 1. The molecule has 0 fully saturated rings. The second kappa shape index (κ2) is 6.35. The van der Waals surface area contributed by atoms with E-state index in [1.807, 2.05) is 13.8 Å². The summed E-state index contributed by atoms with van der Waals surface area (Å²) < 4.78 is 32.0. The first-order chi connectivity index (χ1) is 8.04. The molecule has 17 heavy (non-hydrogen) atoms. The van der Waals surface area contributed by atoms with Crippen LogP contribution in [0, 0.1) is 11.6 Å². The summed E-state index contributed by atoms with van der Waals surface area (Å²) in [5, 5.41) is 3.09. The van der Waals surface area contributed by atoms with Crippen molar-refractivity contribution < 1.29 is 13.5 Å². The van der Waals surface area contributed by atoms with E-state index in [9.17, 15) is 8.78 Å². The van der Waals surface area contributed by atoms with E-state index >= 15 is 0 Å². The summed E-state index contributed by atoms with van der Waals surface area (Å²) in [7, 11) is 0. The van der Waals surface area contributed by atoms with E-state index in [-0.39, 0.29) is 18.4 Å². The first-order valence-corrected chi connectivity index (χ1v) is 5.49. The molecule has 0 saturated carbocycles. The second-order valence-electron chi connectivity index (χ2n) is 4.02. The molecule has 0 heterocycles. The highest BCUT2D eigenvalue weighted by atomic mass is 19.1. The fourth-order valence-electron chi connectivity index (χ4n) is 1.32. The fourth-order valence-corrected chi connectivity index (χ4v) is 1.32. The van der Waals surface area contributed by atoms with Gasteiger partial charge in [0.2, 0.25) is 0 Å². The van der Waals surface area contributed by atoms with Gasteiger partial charge in [-0.3, -0.25) is 0 Å².